The van der Waals surface area contributed by atoms with E-state index in [4.69, 9.17) is 4.98 Å². The van der Waals surface area contributed by atoms with Gasteiger partial charge in [-0.05, 0) is 31.9 Å². The van der Waals surface area contributed by atoms with E-state index in [0.717, 1.165) is 24.5 Å². The highest BCUT2D eigenvalue weighted by Crippen LogP contribution is 2.38. The first-order valence-corrected chi connectivity index (χ1v) is 7.91. The Morgan fingerprint density at radius 3 is 3.20 bits per heavy atom. The number of rotatable bonds is 4. The molecule has 0 saturated heterocycles. The molecule has 2 aromatic rings. The van der Waals surface area contributed by atoms with Crippen molar-refractivity contribution in [1.29, 1.82) is 0 Å². The lowest BCUT2D eigenvalue weighted by Crippen LogP contribution is -2.23. The van der Waals surface area contributed by atoms with Gasteiger partial charge in [-0.15, -0.1) is 11.3 Å². The number of nitrogens with one attached hydrogen (secondary N) is 1. The summed E-state index contributed by atoms with van der Waals surface area (Å²) in [5.74, 6) is 0.176. The summed E-state index contributed by atoms with van der Waals surface area (Å²) in [7, 11) is 0. The van der Waals surface area contributed by atoms with Gasteiger partial charge in [0.05, 0.1) is 11.9 Å². The van der Waals surface area contributed by atoms with Crippen molar-refractivity contribution in [3.05, 3.63) is 34.8 Å². The summed E-state index contributed by atoms with van der Waals surface area (Å²) in [6, 6.07) is 1.71. The largest absolute Gasteiger partial charge is 0.316 e. The van der Waals surface area contributed by atoms with Crippen LogP contribution in [0.4, 0.5) is 4.39 Å². The summed E-state index contributed by atoms with van der Waals surface area (Å²) in [5, 5.41) is 4.19. The Hall–Kier alpha value is -1.33. The van der Waals surface area contributed by atoms with Gasteiger partial charge in [-0.25, -0.2) is 9.37 Å². The highest BCUT2D eigenvalue weighted by molar-refractivity contribution is 7.15. The second kappa shape index (κ2) is 5.97. The number of nitrogens with zero attached hydrogens (tertiary/aromatic N) is 2. The van der Waals surface area contributed by atoms with Crippen LogP contribution >= 0.6 is 11.3 Å². The number of halogens is 1. The molecular formula is C15H18FN3S. The zero-order valence-electron chi connectivity index (χ0n) is 11.5. The molecule has 1 atom stereocenters. The molecule has 0 bridgehead atoms. The Labute approximate surface area is 122 Å². The second-order valence-corrected chi connectivity index (χ2v) is 6.16. The third-order valence-corrected chi connectivity index (χ3v) is 4.88. The standard InChI is InChI=1S/C15H18FN3S/c1-2-17-8-10-4-3-5-13-14(10)19-15(20-13)11-6-7-18-9-12(11)16/h6-7,9-10,17H,2-5,8H2,1H3. The number of hydrogen-bond donors (Lipinski definition) is 1. The number of likely N-dealkylation sites (N-methyl/N-ethyl adjacent to an activating group) is 1. The molecule has 0 aromatic carbocycles. The van der Waals surface area contributed by atoms with Crippen molar-refractivity contribution in [2.45, 2.75) is 32.1 Å². The molecule has 1 aliphatic rings. The molecule has 0 amide bonds. The summed E-state index contributed by atoms with van der Waals surface area (Å²) in [4.78, 5) is 9.85. The number of hydrogen-bond acceptors (Lipinski definition) is 4. The number of fused-ring (bicyclic) bond motifs is 1. The number of pyridine rings is 1. The summed E-state index contributed by atoms with van der Waals surface area (Å²) in [6.45, 7) is 4.05. The average Bonchev–Trinajstić information content (AvgIpc) is 2.89. The number of thiazole rings is 1. The second-order valence-electron chi connectivity index (χ2n) is 5.08. The van der Waals surface area contributed by atoms with Gasteiger partial charge in [-0.1, -0.05) is 6.92 Å². The molecule has 0 radical (unpaired) electrons. The Kier molecular flexibility index (Phi) is 4.08. The first-order valence-electron chi connectivity index (χ1n) is 7.09. The molecule has 1 N–H and O–H groups in total. The van der Waals surface area contributed by atoms with Gasteiger partial charge >= 0.3 is 0 Å². The lowest BCUT2D eigenvalue weighted by molar-refractivity contribution is 0.509. The molecule has 3 nitrogen and oxygen atoms in total. The molecule has 0 fully saturated rings. The van der Waals surface area contributed by atoms with Gasteiger partial charge in [-0.3, -0.25) is 4.98 Å². The molecule has 0 aliphatic heterocycles. The van der Waals surface area contributed by atoms with E-state index in [1.807, 2.05) is 0 Å². The molecule has 5 heteroatoms. The lowest BCUT2D eigenvalue weighted by Gasteiger charge is -2.21. The van der Waals surface area contributed by atoms with Crippen molar-refractivity contribution in [2.24, 2.45) is 0 Å². The molecule has 0 saturated carbocycles. The van der Waals surface area contributed by atoms with Crippen molar-refractivity contribution in [3.8, 4) is 10.6 Å². The fourth-order valence-corrected chi connectivity index (χ4v) is 3.90. The monoisotopic (exact) mass is 291 g/mol. The predicted molar refractivity (Wildman–Crippen MR) is 79.5 cm³/mol. The Morgan fingerprint density at radius 2 is 2.40 bits per heavy atom. The molecular weight excluding hydrogens is 273 g/mol. The summed E-state index contributed by atoms with van der Waals surface area (Å²) >= 11 is 1.63. The molecule has 2 aromatic heterocycles. The van der Waals surface area contributed by atoms with Crippen LogP contribution in [0.1, 0.15) is 36.3 Å². The molecule has 1 unspecified atom stereocenters. The molecule has 3 rings (SSSR count). The van der Waals surface area contributed by atoms with Gasteiger partial charge in [0, 0.05) is 29.1 Å². The van der Waals surface area contributed by atoms with Gasteiger partial charge < -0.3 is 5.32 Å². The maximum absolute atomic E-state index is 13.8. The fraction of sp³-hybridized carbons (Fsp3) is 0.467. The number of aryl methyl sites for hydroxylation is 1. The quantitative estimate of drug-likeness (QED) is 0.938. The average molecular weight is 291 g/mol. The minimum atomic E-state index is -0.290. The Balaban J connectivity index is 1.93. The van der Waals surface area contributed by atoms with Crippen LogP contribution in [0.3, 0.4) is 0 Å². The third-order valence-electron chi connectivity index (χ3n) is 3.71. The van der Waals surface area contributed by atoms with Crippen molar-refractivity contribution in [2.75, 3.05) is 13.1 Å². The zero-order valence-corrected chi connectivity index (χ0v) is 12.3. The van der Waals surface area contributed by atoms with Crippen LogP contribution in [-0.4, -0.2) is 23.1 Å². The summed E-state index contributed by atoms with van der Waals surface area (Å²) < 4.78 is 13.8. The maximum Gasteiger partial charge on any atom is 0.151 e. The predicted octanol–water partition coefficient (Wildman–Crippen LogP) is 3.37. The van der Waals surface area contributed by atoms with Gasteiger partial charge in [0.15, 0.2) is 5.82 Å². The van der Waals surface area contributed by atoms with Crippen molar-refractivity contribution < 1.29 is 4.39 Å². The lowest BCUT2D eigenvalue weighted by atomic mass is 9.91. The van der Waals surface area contributed by atoms with Crippen LogP contribution in [0.2, 0.25) is 0 Å². The minimum Gasteiger partial charge on any atom is -0.316 e. The fourth-order valence-electron chi connectivity index (χ4n) is 2.69. The van der Waals surface area contributed by atoms with E-state index in [9.17, 15) is 4.39 Å². The maximum atomic E-state index is 13.8. The molecule has 106 valence electrons. The summed E-state index contributed by atoms with van der Waals surface area (Å²) in [5.41, 5.74) is 1.75. The van der Waals surface area contributed by atoms with E-state index in [2.05, 4.69) is 17.2 Å². The first-order chi connectivity index (χ1) is 9.79. The van der Waals surface area contributed by atoms with E-state index < -0.39 is 0 Å². The molecule has 1 aliphatic carbocycles. The van der Waals surface area contributed by atoms with Crippen LogP contribution in [0, 0.1) is 5.82 Å². The molecule has 20 heavy (non-hydrogen) atoms. The highest BCUT2D eigenvalue weighted by atomic mass is 32.1. The van der Waals surface area contributed by atoms with Crippen molar-refractivity contribution >= 4 is 11.3 Å². The van der Waals surface area contributed by atoms with Gasteiger partial charge in [-0.2, -0.15) is 0 Å². The van der Waals surface area contributed by atoms with Gasteiger partial charge in [0.1, 0.15) is 5.01 Å². The zero-order chi connectivity index (χ0) is 13.9. The third kappa shape index (κ3) is 2.60. The topological polar surface area (TPSA) is 37.8 Å². The number of aromatic nitrogens is 2. The normalized spacial score (nSPS) is 18.0. The Morgan fingerprint density at radius 1 is 1.50 bits per heavy atom. The van der Waals surface area contributed by atoms with E-state index in [1.165, 1.54) is 29.6 Å². The van der Waals surface area contributed by atoms with Gasteiger partial charge in [0.25, 0.3) is 0 Å². The van der Waals surface area contributed by atoms with E-state index in [-0.39, 0.29) is 5.82 Å². The Bertz CT molecular complexity index is 597. The van der Waals surface area contributed by atoms with E-state index in [0.29, 0.717) is 11.5 Å². The van der Waals surface area contributed by atoms with Crippen LogP contribution in [-0.2, 0) is 6.42 Å². The SMILES string of the molecule is CCNCC1CCCc2sc(-c3ccncc3F)nc21. The van der Waals surface area contributed by atoms with Crippen molar-refractivity contribution in [1.82, 2.24) is 15.3 Å². The molecule has 2 heterocycles. The highest BCUT2D eigenvalue weighted by Gasteiger charge is 2.25. The summed E-state index contributed by atoms with van der Waals surface area (Å²) in [6.07, 6.45) is 6.31. The van der Waals surface area contributed by atoms with Crippen LogP contribution in [0.25, 0.3) is 10.6 Å². The molecule has 0 spiro atoms. The minimum absolute atomic E-state index is 0.290. The van der Waals surface area contributed by atoms with Crippen LogP contribution in [0.15, 0.2) is 18.5 Å². The van der Waals surface area contributed by atoms with E-state index in [1.54, 1.807) is 23.6 Å². The van der Waals surface area contributed by atoms with Crippen LogP contribution < -0.4 is 5.32 Å². The van der Waals surface area contributed by atoms with Gasteiger partial charge in [0.2, 0.25) is 0 Å². The smallest absolute Gasteiger partial charge is 0.151 e. The van der Waals surface area contributed by atoms with Crippen LogP contribution in [0.5, 0.6) is 0 Å². The van der Waals surface area contributed by atoms with Crippen molar-refractivity contribution in [3.63, 3.8) is 0 Å². The van der Waals surface area contributed by atoms with E-state index >= 15 is 0 Å². The first kappa shape index (κ1) is 13.6.